The number of hydrogen-bond acceptors (Lipinski definition) is 3. The molecule has 1 aromatic rings. The van der Waals surface area contributed by atoms with Gasteiger partial charge in [0.25, 0.3) is 0 Å². The maximum absolute atomic E-state index is 12.6. The van der Waals surface area contributed by atoms with Gasteiger partial charge in [-0.25, -0.2) is 8.42 Å². The van der Waals surface area contributed by atoms with Crippen LogP contribution in [0.4, 0.5) is 0 Å². The molecule has 1 N–H and O–H groups in total. The van der Waals surface area contributed by atoms with E-state index in [9.17, 15) is 8.42 Å². The van der Waals surface area contributed by atoms with E-state index >= 15 is 0 Å². The molecule has 0 amide bonds. The third-order valence-corrected chi connectivity index (χ3v) is 6.15. The Balaban J connectivity index is 2.23. The lowest BCUT2D eigenvalue weighted by atomic mass is 10.2. The smallest absolute Gasteiger partial charge is 0.244 e. The number of nitrogens with zero attached hydrogens (tertiary/aromatic N) is 1. The number of halogens is 1. The Hall–Kier alpha value is -0.690. The monoisotopic (exact) mass is 372 g/mol. The summed E-state index contributed by atoms with van der Waals surface area (Å²) in [6, 6.07) is 6.08. The Kier molecular flexibility index (Phi) is 5.24. The normalized spacial score (nSPS) is 15.4. The van der Waals surface area contributed by atoms with Crippen molar-refractivity contribution in [2.45, 2.75) is 37.2 Å². The first-order chi connectivity index (χ1) is 9.80. The maximum atomic E-state index is 12.6. The van der Waals surface area contributed by atoms with Gasteiger partial charge in [-0.2, -0.15) is 4.31 Å². The second-order valence-electron chi connectivity index (χ2n) is 5.64. The average Bonchev–Trinajstić information content (AvgIpc) is 3.20. The summed E-state index contributed by atoms with van der Waals surface area (Å²) in [5, 5.41) is 3.39. The van der Waals surface area contributed by atoms with Crippen molar-refractivity contribution in [3.05, 3.63) is 40.4 Å². The van der Waals surface area contributed by atoms with Crippen molar-refractivity contribution in [2.75, 3.05) is 13.6 Å². The molecule has 0 saturated heterocycles. The van der Waals surface area contributed by atoms with E-state index in [0.717, 1.165) is 11.1 Å². The van der Waals surface area contributed by atoms with Crippen molar-refractivity contribution in [1.82, 2.24) is 9.62 Å². The van der Waals surface area contributed by atoms with Gasteiger partial charge in [0, 0.05) is 30.7 Å². The third-order valence-electron chi connectivity index (χ3n) is 3.35. The van der Waals surface area contributed by atoms with Gasteiger partial charge in [0.2, 0.25) is 10.0 Å². The third kappa shape index (κ3) is 4.39. The zero-order chi connectivity index (χ0) is 15.6. The van der Waals surface area contributed by atoms with Crippen LogP contribution in [-0.2, 0) is 16.6 Å². The molecule has 0 aliphatic heterocycles. The highest BCUT2D eigenvalue weighted by Gasteiger charge is 2.24. The summed E-state index contributed by atoms with van der Waals surface area (Å²) >= 11 is 3.34. The SMILES string of the molecule is C=C(C)CN(C)S(=O)(=O)c1cc(CNC2CC2)ccc1Br. The molecule has 1 aliphatic carbocycles. The van der Waals surface area contributed by atoms with Crippen molar-refractivity contribution < 1.29 is 8.42 Å². The van der Waals surface area contributed by atoms with Crippen LogP contribution in [0.1, 0.15) is 25.3 Å². The van der Waals surface area contributed by atoms with Crippen molar-refractivity contribution in [2.24, 2.45) is 0 Å². The Labute approximate surface area is 135 Å². The van der Waals surface area contributed by atoms with Gasteiger partial charge in [-0.3, -0.25) is 0 Å². The summed E-state index contributed by atoms with van der Waals surface area (Å²) in [6.45, 7) is 6.60. The fourth-order valence-corrected chi connectivity index (χ4v) is 4.24. The van der Waals surface area contributed by atoms with Gasteiger partial charge in [0.15, 0.2) is 0 Å². The second-order valence-corrected chi connectivity index (χ2v) is 8.51. The molecule has 0 aromatic heterocycles. The first-order valence-electron chi connectivity index (χ1n) is 6.93. The zero-order valence-corrected chi connectivity index (χ0v) is 14.8. The van der Waals surface area contributed by atoms with Gasteiger partial charge in [-0.15, -0.1) is 0 Å². The largest absolute Gasteiger partial charge is 0.310 e. The molecule has 4 nitrogen and oxygen atoms in total. The molecule has 0 heterocycles. The minimum absolute atomic E-state index is 0.307. The fourth-order valence-electron chi connectivity index (χ4n) is 2.04. The van der Waals surface area contributed by atoms with Crippen molar-refractivity contribution in [1.29, 1.82) is 0 Å². The number of likely N-dealkylation sites (N-methyl/N-ethyl adjacent to an activating group) is 1. The van der Waals surface area contributed by atoms with Crippen molar-refractivity contribution >= 4 is 26.0 Å². The van der Waals surface area contributed by atoms with Gasteiger partial charge in [-0.05, 0) is 53.4 Å². The fraction of sp³-hybridized carbons (Fsp3) is 0.467. The van der Waals surface area contributed by atoms with Gasteiger partial charge in [-0.1, -0.05) is 18.2 Å². The predicted octanol–water partition coefficient (Wildman–Crippen LogP) is 2.90. The summed E-state index contributed by atoms with van der Waals surface area (Å²) < 4.78 is 27.2. The summed E-state index contributed by atoms with van der Waals surface area (Å²) in [5.41, 5.74) is 1.79. The van der Waals surface area contributed by atoms with Gasteiger partial charge >= 0.3 is 0 Å². The standard InChI is InChI=1S/C15H21BrN2O2S/c1-11(2)10-18(3)21(19,20)15-8-12(4-7-14(15)16)9-17-13-5-6-13/h4,7-8,13,17H,1,5-6,9-10H2,2-3H3. The minimum atomic E-state index is -3.51. The highest BCUT2D eigenvalue weighted by molar-refractivity contribution is 9.10. The quantitative estimate of drug-likeness (QED) is 0.748. The molecule has 1 aromatic carbocycles. The molecule has 6 heteroatoms. The number of benzene rings is 1. The molecule has 0 spiro atoms. The number of nitrogens with one attached hydrogen (secondary N) is 1. The van der Waals surface area contributed by atoms with Gasteiger partial charge in [0.05, 0.1) is 4.90 Å². The van der Waals surface area contributed by atoms with E-state index in [0.29, 0.717) is 28.5 Å². The van der Waals surface area contributed by atoms with E-state index in [2.05, 4.69) is 27.8 Å². The molecular formula is C15H21BrN2O2S. The van der Waals surface area contributed by atoms with Crippen molar-refractivity contribution in [3.63, 3.8) is 0 Å². The summed E-state index contributed by atoms with van der Waals surface area (Å²) in [5.74, 6) is 0. The van der Waals surface area contributed by atoms with E-state index in [1.807, 2.05) is 13.0 Å². The molecule has 1 fully saturated rings. The Morgan fingerprint density at radius 1 is 1.48 bits per heavy atom. The first kappa shape index (κ1) is 16.7. The molecule has 0 unspecified atom stereocenters. The number of rotatable bonds is 7. The lowest BCUT2D eigenvalue weighted by molar-refractivity contribution is 0.492. The highest BCUT2D eigenvalue weighted by atomic mass is 79.9. The van der Waals surface area contributed by atoms with E-state index in [1.165, 1.54) is 17.1 Å². The van der Waals surface area contributed by atoms with Crippen LogP contribution >= 0.6 is 15.9 Å². The zero-order valence-electron chi connectivity index (χ0n) is 12.4. The second kappa shape index (κ2) is 6.60. The molecule has 2 rings (SSSR count). The Bertz CT molecular complexity index is 639. The highest BCUT2D eigenvalue weighted by Crippen LogP contribution is 2.27. The molecule has 21 heavy (non-hydrogen) atoms. The summed E-state index contributed by atoms with van der Waals surface area (Å²) in [4.78, 5) is 0.307. The number of hydrogen-bond donors (Lipinski definition) is 1. The minimum Gasteiger partial charge on any atom is -0.310 e. The molecule has 0 bridgehead atoms. The lowest BCUT2D eigenvalue weighted by Gasteiger charge is -2.18. The van der Waals surface area contributed by atoms with E-state index in [1.54, 1.807) is 19.2 Å². The van der Waals surface area contributed by atoms with Gasteiger partial charge in [0.1, 0.15) is 0 Å². The van der Waals surface area contributed by atoms with Gasteiger partial charge < -0.3 is 5.32 Å². The van der Waals surface area contributed by atoms with E-state index < -0.39 is 10.0 Å². The van der Waals surface area contributed by atoms with Crippen LogP contribution in [0.5, 0.6) is 0 Å². The molecule has 0 atom stereocenters. The maximum Gasteiger partial charge on any atom is 0.244 e. The Morgan fingerprint density at radius 3 is 2.71 bits per heavy atom. The summed E-state index contributed by atoms with van der Waals surface area (Å²) in [6.07, 6.45) is 2.42. The molecular weight excluding hydrogens is 352 g/mol. The average molecular weight is 373 g/mol. The van der Waals surface area contributed by atoms with E-state index in [-0.39, 0.29) is 0 Å². The van der Waals surface area contributed by atoms with Crippen LogP contribution < -0.4 is 5.32 Å². The van der Waals surface area contributed by atoms with Crippen LogP contribution in [0.3, 0.4) is 0 Å². The van der Waals surface area contributed by atoms with Crippen LogP contribution in [0.25, 0.3) is 0 Å². The molecule has 1 aliphatic rings. The molecule has 1 saturated carbocycles. The van der Waals surface area contributed by atoms with Crippen molar-refractivity contribution in [3.8, 4) is 0 Å². The topological polar surface area (TPSA) is 49.4 Å². The van der Waals surface area contributed by atoms with E-state index in [4.69, 9.17) is 0 Å². The lowest BCUT2D eigenvalue weighted by Crippen LogP contribution is -2.28. The Morgan fingerprint density at radius 2 is 2.14 bits per heavy atom. The number of sulfonamides is 1. The van der Waals surface area contributed by atoms with Crippen LogP contribution in [0, 0.1) is 0 Å². The molecule has 0 radical (unpaired) electrons. The van der Waals surface area contributed by atoms with Crippen LogP contribution in [-0.4, -0.2) is 32.4 Å². The van der Waals surface area contributed by atoms with Crippen LogP contribution in [0.15, 0.2) is 39.7 Å². The molecule has 116 valence electrons. The first-order valence-corrected chi connectivity index (χ1v) is 9.16. The summed E-state index contributed by atoms with van der Waals surface area (Å²) in [7, 11) is -1.94. The predicted molar refractivity (Wildman–Crippen MR) is 88.6 cm³/mol. The van der Waals surface area contributed by atoms with Crippen LogP contribution in [0.2, 0.25) is 0 Å².